The third-order valence-corrected chi connectivity index (χ3v) is 4.70. The van der Waals surface area contributed by atoms with E-state index < -0.39 is 11.7 Å². The second kappa shape index (κ2) is 10.0. The molecule has 7 heteroatoms. The zero-order valence-electron chi connectivity index (χ0n) is 17.2. The number of likely N-dealkylation sites (tertiary alicyclic amines) is 1. The molecule has 1 aromatic rings. The molecule has 0 unspecified atom stereocenters. The minimum Gasteiger partial charge on any atom is -0.444 e. The van der Waals surface area contributed by atoms with Gasteiger partial charge in [0, 0.05) is 50.2 Å². The molecular formula is C20H34N4O3. The Kier molecular flexibility index (Phi) is 8.01. The highest BCUT2D eigenvalue weighted by molar-refractivity contribution is 5.85. The molecule has 1 fully saturated rings. The van der Waals surface area contributed by atoms with Crippen molar-refractivity contribution in [3.05, 3.63) is 24.0 Å². The van der Waals surface area contributed by atoms with Gasteiger partial charge in [0.25, 0.3) is 0 Å². The summed E-state index contributed by atoms with van der Waals surface area (Å²) in [6, 6.07) is 2.38. The largest absolute Gasteiger partial charge is 0.444 e. The van der Waals surface area contributed by atoms with Crippen molar-refractivity contribution in [1.82, 2.24) is 15.2 Å². The van der Waals surface area contributed by atoms with E-state index in [4.69, 9.17) is 9.47 Å². The molecule has 0 aliphatic carbocycles. The molecule has 7 nitrogen and oxygen atoms in total. The summed E-state index contributed by atoms with van der Waals surface area (Å²) in [6.07, 6.45) is 5.43. The highest BCUT2D eigenvalue weighted by Gasteiger charge is 2.25. The van der Waals surface area contributed by atoms with Gasteiger partial charge in [-0.3, -0.25) is 15.2 Å². The van der Waals surface area contributed by atoms with Crippen molar-refractivity contribution in [2.75, 3.05) is 38.7 Å². The molecule has 152 valence electrons. The number of anilines is 1. The van der Waals surface area contributed by atoms with Gasteiger partial charge < -0.3 is 14.8 Å². The number of nitrogens with zero attached hydrogens (tertiary/aromatic N) is 2. The summed E-state index contributed by atoms with van der Waals surface area (Å²) in [6.45, 7) is 11.4. The maximum atomic E-state index is 12.1. The molecule has 0 spiro atoms. The van der Waals surface area contributed by atoms with Crippen LogP contribution in [0.5, 0.6) is 0 Å². The Morgan fingerprint density at radius 3 is 2.93 bits per heavy atom. The summed E-state index contributed by atoms with van der Waals surface area (Å²) in [5.74, 6) is 0. The average Bonchev–Trinajstić information content (AvgIpc) is 3.04. The molecule has 2 atom stereocenters. The smallest absolute Gasteiger partial charge is 0.412 e. The van der Waals surface area contributed by atoms with Crippen LogP contribution in [-0.4, -0.2) is 61.0 Å². The van der Waals surface area contributed by atoms with E-state index in [1.807, 2.05) is 20.8 Å². The van der Waals surface area contributed by atoms with E-state index in [1.54, 1.807) is 25.6 Å². The average molecular weight is 379 g/mol. The van der Waals surface area contributed by atoms with Gasteiger partial charge in [0.05, 0.1) is 12.3 Å². The zero-order valence-corrected chi connectivity index (χ0v) is 17.2. The van der Waals surface area contributed by atoms with Crippen molar-refractivity contribution < 1.29 is 14.3 Å². The molecule has 0 saturated carbocycles. The van der Waals surface area contributed by atoms with Gasteiger partial charge in [-0.25, -0.2) is 4.79 Å². The van der Waals surface area contributed by atoms with Crippen LogP contribution in [0.25, 0.3) is 0 Å². The first kappa shape index (κ1) is 21.6. The molecule has 0 aromatic carbocycles. The number of ether oxygens (including phenoxy) is 2. The van der Waals surface area contributed by atoms with Gasteiger partial charge in [-0.1, -0.05) is 0 Å². The van der Waals surface area contributed by atoms with Gasteiger partial charge in [-0.05, 0) is 53.1 Å². The SMILES string of the molecule is COCCN1CCC[C@@H]1CN[C@@H](C)c1cnccc1NC(=O)OC(C)(C)C. The maximum Gasteiger partial charge on any atom is 0.412 e. The summed E-state index contributed by atoms with van der Waals surface area (Å²) in [4.78, 5) is 18.8. The fourth-order valence-electron chi connectivity index (χ4n) is 3.33. The van der Waals surface area contributed by atoms with E-state index in [0.717, 1.165) is 37.5 Å². The summed E-state index contributed by atoms with van der Waals surface area (Å²) < 4.78 is 10.6. The normalized spacial score (nSPS) is 19.1. The van der Waals surface area contributed by atoms with Crippen molar-refractivity contribution in [1.29, 1.82) is 0 Å². The molecule has 2 heterocycles. The first-order valence-electron chi connectivity index (χ1n) is 9.70. The molecule has 0 bridgehead atoms. The molecule has 1 aliphatic rings. The van der Waals surface area contributed by atoms with Crippen LogP contribution < -0.4 is 10.6 Å². The number of aromatic nitrogens is 1. The first-order valence-corrected chi connectivity index (χ1v) is 9.70. The minimum absolute atomic E-state index is 0.0634. The van der Waals surface area contributed by atoms with E-state index in [2.05, 4.69) is 27.4 Å². The van der Waals surface area contributed by atoms with Gasteiger partial charge in [-0.15, -0.1) is 0 Å². The van der Waals surface area contributed by atoms with Crippen molar-refractivity contribution in [3.8, 4) is 0 Å². The Bertz CT molecular complexity index is 603. The van der Waals surface area contributed by atoms with Gasteiger partial charge >= 0.3 is 6.09 Å². The summed E-state index contributed by atoms with van der Waals surface area (Å²) in [7, 11) is 1.74. The van der Waals surface area contributed by atoms with Gasteiger partial charge in [0.2, 0.25) is 0 Å². The van der Waals surface area contributed by atoms with Crippen molar-refractivity contribution in [2.45, 2.75) is 58.2 Å². The summed E-state index contributed by atoms with van der Waals surface area (Å²) in [5, 5.41) is 6.44. The van der Waals surface area contributed by atoms with Crippen LogP contribution in [0.1, 0.15) is 52.1 Å². The third-order valence-electron chi connectivity index (χ3n) is 4.70. The van der Waals surface area contributed by atoms with Crippen LogP contribution in [0.4, 0.5) is 10.5 Å². The van der Waals surface area contributed by atoms with Gasteiger partial charge in [0.1, 0.15) is 5.60 Å². The number of pyridine rings is 1. The Balaban J connectivity index is 1.94. The Labute approximate surface area is 162 Å². The lowest BCUT2D eigenvalue weighted by Gasteiger charge is -2.26. The Hall–Kier alpha value is -1.70. The van der Waals surface area contributed by atoms with Crippen LogP contribution in [0.2, 0.25) is 0 Å². The number of hydrogen-bond donors (Lipinski definition) is 2. The van der Waals surface area contributed by atoms with Crippen LogP contribution in [0, 0.1) is 0 Å². The van der Waals surface area contributed by atoms with Gasteiger partial charge in [0.15, 0.2) is 0 Å². The number of carbonyl (C=O) groups excluding carboxylic acids is 1. The van der Waals surface area contributed by atoms with Crippen LogP contribution in [0.3, 0.4) is 0 Å². The lowest BCUT2D eigenvalue weighted by Crippen LogP contribution is -2.40. The standard InChI is InChI=1S/C20H34N4O3/c1-15(22-13-16-7-6-10-24(16)11-12-26-5)17-14-21-9-8-18(17)23-19(25)27-20(2,3)4/h8-9,14-16,22H,6-7,10-13H2,1-5H3,(H,21,23,25)/t15-,16+/m0/s1. The highest BCUT2D eigenvalue weighted by Crippen LogP contribution is 2.23. The number of nitrogens with one attached hydrogen (secondary N) is 2. The molecule has 0 radical (unpaired) electrons. The molecule has 2 N–H and O–H groups in total. The van der Waals surface area contributed by atoms with E-state index in [1.165, 1.54) is 12.8 Å². The second-order valence-electron chi connectivity index (χ2n) is 8.04. The summed E-state index contributed by atoms with van der Waals surface area (Å²) in [5.41, 5.74) is 1.14. The predicted molar refractivity (Wildman–Crippen MR) is 107 cm³/mol. The number of carbonyl (C=O) groups is 1. The lowest BCUT2D eigenvalue weighted by atomic mass is 10.1. The number of rotatable bonds is 8. The van der Waals surface area contributed by atoms with E-state index in [0.29, 0.717) is 6.04 Å². The second-order valence-corrected chi connectivity index (χ2v) is 8.04. The Morgan fingerprint density at radius 2 is 2.22 bits per heavy atom. The first-order chi connectivity index (χ1) is 12.8. The molecule has 1 aromatic heterocycles. The summed E-state index contributed by atoms with van der Waals surface area (Å²) >= 11 is 0. The number of methoxy groups -OCH3 is 1. The van der Waals surface area contributed by atoms with Crippen LogP contribution in [-0.2, 0) is 9.47 Å². The lowest BCUT2D eigenvalue weighted by molar-refractivity contribution is 0.0635. The topological polar surface area (TPSA) is 75.7 Å². The third kappa shape index (κ3) is 7.08. The molecule has 1 aliphatic heterocycles. The molecule has 27 heavy (non-hydrogen) atoms. The molecule has 1 amide bonds. The van der Waals surface area contributed by atoms with Crippen LogP contribution in [0.15, 0.2) is 18.5 Å². The number of amides is 1. The predicted octanol–water partition coefficient (Wildman–Crippen LogP) is 3.19. The maximum absolute atomic E-state index is 12.1. The monoisotopic (exact) mass is 378 g/mol. The fourth-order valence-corrected chi connectivity index (χ4v) is 3.33. The zero-order chi connectivity index (χ0) is 19.9. The van der Waals surface area contributed by atoms with E-state index >= 15 is 0 Å². The Morgan fingerprint density at radius 1 is 1.44 bits per heavy atom. The van der Waals surface area contributed by atoms with Crippen LogP contribution >= 0.6 is 0 Å². The fraction of sp³-hybridized carbons (Fsp3) is 0.700. The molecular weight excluding hydrogens is 344 g/mol. The van der Waals surface area contributed by atoms with Crippen molar-refractivity contribution in [2.24, 2.45) is 0 Å². The van der Waals surface area contributed by atoms with E-state index in [-0.39, 0.29) is 6.04 Å². The van der Waals surface area contributed by atoms with E-state index in [9.17, 15) is 4.79 Å². The van der Waals surface area contributed by atoms with Crippen molar-refractivity contribution in [3.63, 3.8) is 0 Å². The quantitative estimate of drug-likeness (QED) is 0.724. The van der Waals surface area contributed by atoms with Gasteiger partial charge in [-0.2, -0.15) is 0 Å². The minimum atomic E-state index is -0.532. The van der Waals surface area contributed by atoms with Crippen molar-refractivity contribution >= 4 is 11.8 Å². The molecule has 2 rings (SSSR count). The number of hydrogen-bond acceptors (Lipinski definition) is 6. The highest BCUT2D eigenvalue weighted by atomic mass is 16.6. The molecule has 1 saturated heterocycles.